The smallest absolute Gasteiger partial charge is 0.259 e. The van der Waals surface area contributed by atoms with Gasteiger partial charge < -0.3 is 15.0 Å². The summed E-state index contributed by atoms with van der Waals surface area (Å²) in [5, 5.41) is 11.0. The highest BCUT2D eigenvalue weighted by Gasteiger charge is 2.27. The van der Waals surface area contributed by atoms with Gasteiger partial charge >= 0.3 is 0 Å². The molecule has 7 heteroatoms. The lowest BCUT2D eigenvalue weighted by atomic mass is 9.89. The Morgan fingerprint density at radius 2 is 2.00 bits per heavy atom. The minimum absolute atomic E-state index is 0.0155. The zero-order valence-electron chi connectivity index (χ0n) is 17.5. The number of rotatable bonds is 3. The molecule has 3 heterocycles. The topological polar surface area (TPSA) is 72.5 Å². The monoisotopic (exact) mass is 424 g/mol. The summed E-state index contributed by atoms with van der Waals surface area (Å²) in [5.74, 6) is 1.77. The standard InChI is InChI=1S/C23H28N4O2S/c1-14-7-8-16-19(13-14)30-23-20(16)22(29)24-21(25-23)15(2)26-9-11-27(12-10-26)17-5-3-4-6-18(17)28/h3-6,14-15,28H,7-13H2,1-2H3,(H,24,25,29)/t14-,15-/m0/s1. The molecule has 1 saturated heterocycles. The first kappa shape index (κ1) is 19.6. The van der Waals surface area contributed by atoms with Crippen molar-refractivity contribution < 1.29 is 5.11 Å². The molecule has 0 radical (unpaired) electrons. The van der Waals surface area contributed by atoms with E-state index < -0.39 is 0 Å². The van der Waals surface area contributed by atoms with E-state index in [0.29, 0.717) is 11.7 Å². The van der Waals surface area contributed by atoms with Crippen LogP contribution in [-0.4, -0.2) is 46.2 Å². The SMILES string of the molecule is C[C@H]1CCc2c(sc3nc([C@H](C)N4CCN(c5ccccc5O)CC4)[nH]c(=O)c23)C1. The number of H-pyrrole nitrogens is 1. The van der Waals surface area contributed by atoms with Crippen molar-refractivity contribution in [3.63, 3.8) is 0 Å². The maximum absolute atomic E-state index is 12.9. The van der Waals surface area contributed by atoms with Crippen molar-refractivity contribution in [2.24, 2.45) is 5.92 Å². The average Bonchev–Trinajstić information content (AvgIpc) is 3.11. The fourth-order valence-corrected chi connectivity index (χ4v) is 6.21. The van der Waals surface area contributed by atoms with E-state index in [1.165, 1.54) is 10.4 Å². The molecule has 2 atom stereocenters. The van der Waals surface area contributed by atoms with Gasteiger partial charge in [-0.05, 0) is 49.8 Å². The molecule has 0 unspecified atom stereocenters. The van der Waals surface area contributed by atoms with Gasteiger partial charge in [-0.3, -0.25) is 9.69 Å². The minimum atomic E-state index is 0.0155. The van der Waals surface area contributed by atoms with Crippen molar-refractivity contribution >= 4 is 27.2 Å². The molecule has 2 aromatic heterocycles. The molecule has 2 aliphatic rings. The Bertz CT molecular complexity index is 1130. The summed E-state index contributed by atoms with van der Waals surface area (Å²) in [6.07, 6.45) is 3.21. The molecule has 1 aliphatic carbocycles. The zero-order chi connectivity index (χ0) is 20.8. The van der Waals surface area contributed by atoms with E-state index in [-0.39, 0.29) is 11.6 Å². The maximum Gasteiger partial charge on any atom is 0.259 e. The van der Waals surface area contributed by atoms with Gasteiger partial charge in [0, 0.05) is 31.1 Å². The quantitative estimate of drug-likeness (QED) is 0.671. The number of anilines is 1. The average molecular weight is 425 g/mol. The van der Waals surface area contributed by atoms with Crippen molar-refractivity contribution in [1.82, 2.24) is 14.9 Å². The number of phenols is 1. The lowest BCUT2D eigenvalue weighted by Crippen LogP contribution is -2.47. The van der Waals surface area contributed by atoms with Crippen LogP contribution < -0.4 is 10.5 Å². The Morgan fingerprint density at radius 1 is 1.23 bits per heavy atom. The summed E-state index contributed by atoms with van der Waals surface area (Å²) in [4.78, 5) is 27.7. The molecule has 0 spiro atoms. The van der Waals surface area contributed by atoms with E-state index in [9.17, 15) is 9.90 Å². The van der Waals surface area contributed by atoms with E-state index >= 15 is 0 Å². The molecular formula is C23H28N4O2S. The van der Waals surface area contributed by atoms with Gasteiger partial charge in [-0.2, -0.15) is 0 Å². The van der Waals surface area contributed by atoms with Gasteiger partial charge in [-0.1, -0.05) is 19.1 Å². The Labute approximate surface area is 180 Å². The molecule has 1 aromatic carbocycles. The fraction of sp³-hybridized carbons (Fsp3) is 0.478. The first-order valence-electron chi connectivity index (χ1n) is 10.8. The summed E-state index contributed by atoms with van der Waals surface area (Å²) in [6, 6.07) is 7.54. The number of nitrogens with one attached hydrogen (secondary N) is 1. The van der Waals surface area contributed by atoms with Crippen LogP contribution in [0.3, 0.4) is 0 Å². The van der Waals surface area contributed by atoms with Gasteiger partial charge in [0.2, 0.25) is 0 Å². The first-order valence-corrected chi connectivity index (χ1v) is 11.6. The van der Waals surface area contributed by atoms with Crippen LogP contribution in [0.5, 0.6) is 5.75 Å². The number of fused-ring (bicyclic) bond motifs is 3. The predicted molar refractivity (Wildman–Crippen MR) is 122 cm³/mol. The van der Waals surface area contributed by atoms with Crippen LogP contribution in [0.25, 0.3) is 10.2 Å². The molecule has 158 valence electrons. The molecule has 2 N–H and O–H groups in total. The van der Waals surface area contributed by atoms with Crippen LogP contribution >= 0.6 is 11.3 Å². The number of thiophene rings is 1. The highest BCUT2D eigenvalue weighted by atomic mass is 32.1. The third-order valence-electron chi connectivity index (χ3n) is 6.66. The summed E-state index contributed by atoms with van der Waals surface area (Å²) in [5.41, 5.74) is 2.13. The fourth-order valence-electron chi connectivity index (χ4n) is 4.82. The van der Waals surface area contributed by atoms with Gasteiger partial charge in [-0.15, -0.1) is 11.3 Å². The number of aryl methyl sites for hydroxylation is 1. The second kappa shape index (κ2) is 7.71. The third-order valence-corrected chi connectivity index (χ3v) is 7.81. The molecule has 3 aromatic rings. The molecule has 1 aliphatic heterocycles. The van der Waals surface area contributed by atoms with E-state index in [4.69, 9.17) is 4.98 Å². The van der Waals surface area contributed by atoms with Crippen LogP contribution in [0.1, 0.15) is 42.6 Å². The summed E-state index contributed by atoms with van der Waals surface area (Å²) >= 11 is 1.71. The number of phenolic OH excluding ortho intramolecular Hbond substituents is 1. The zero-order valence-corrected chi connectivity index (χ0v) is 18.3. The molecule has 0 bridgehead atoms. The number of piperazine rings is 1. The molecule has 6 nitrogen and oxygen atoms in total. The Balaban J connectivity index is 1.36. The van der Waals surface area contributed by atoms with Crippen LogP contribution in [0.2, 0.25) is 0 Å². The largest absolute Gasteiger partial charge is 0.506 e. The van der Waals surface area contributed by atoms with Gasteiger partial charge in [-0.25, -0.2) is 4.98 Å². The van der Waals surface area contributed by atoms with E-state index in [0.717, 1.165) is 67.2 Å². The molecule has 0 amide bonds. The predicted octanol–water partition coefficient (Wildman–Crippen LogP) is 3.70. The number of aromatic hydroxyl groups is 1. The number of benzene rings is 1. The molecule has 1 fully saturated rings. The van der Waals surface area contributed by atoms with Gasteiger partial charge in [0.15, 0.2) is 0 Å². The van der Waals surface area contributed by atoms with Crippen molar-refractivity contribution in [1.29, 1.82) is 0 Å². The van der Waals surface area contributed by atoms with Crippen molar-refractivity contribution in [3.8, 4) is 5.75 Å². The second-order valence-electron chi connectivity index (χ2n) is 8.67. The summed E-state index contributed by atoms with van der Waals surface area (Å²) in [7, 11) is 0. The van der Waals surface area contributed by atoms with Gasteiger partial charge in [0.25, 0.3) is 5.56 Å². The normalized spacial score (nSPS) is 21.0. The van der Waals surface area contributed by atoms with E-state index in [1.807, 2.05) is 18.2 Å². The summed E-state index contributed by atoms with van der Waals surface area (Å²) in [6.45, 7) is 7.78. The van der Waals surface area contributed by atoms with E-state index in [1.54, 1.807) is 17.4 Å². The number of aromatic amines is 1. The van der Waals surface area contributed by atoms with Crippen molar-refractivity contribution in [2.45, 2.75) is 39.2 Å². The highest BCUT2D eigenvalue weighted by Crippen LogP contribution is 2.36. The first-order chi connectivity index (χ1) is 14.5. The molecule has 0 saturated carbocycles. The lowest BCUT2D eigenvalue weighted by molar-refractivity contribution is 0.191. The van der Waals surface area contributed by atoms with E-state index in [2.05, 4.69) is 28.6 Å². The van der Waals surface area contributed by atoms with Gasteiger partial charge in [0.05, 0.1) is 17.1 Å². The number of hydrogen-bond donors (Lipinski definition) is 2. The minimum Gasteiger partial charge on any atom is -0.506 e. The van der Waals surface area contributed by atoms with Crippen LogP contribution in [-0.2, 0) is 12.8 Å². The number of para-hydroxylation sites is 2. The summed E-state index contributed by atoms with van der Waals surface area (Å²) < 4.78 is 0. The molecular weight excluding hydrogens is 396 g/mol. The maximum atomic E-state index is 12.9. The number of aromatic nitrogens is 2. The van der Waals surface area contributed by atoms with Crippen molar-refractivity contribution in [3.05, 3.63) is 50.9 Å². The Kier molecular flexibility index (Phi) is 5.03. The van der Waals surface area contributed by atoms with Crippen molar-refractivity contribution in [2.75, 3.05) is 31.1 Å². The van der Waals surface area contributed by atoms with Crippen LogP contribution in [0, 0.1) is 5.92 Å². The number of nitrogens with zero attached hydrogens (tertiary/aromatic N) is 3. The Hall–Kier alpha value is -2.38. The second-order valence-corrected chi connectivity index (χ2v) is 9.75. The third kappa shape index (κ3) is 3.40. The van der Waals surface area contributed by atoms with Crippen LogP contribution in [0.15, 0.2) is 29.1 Å². The lowest BCUT2D eigenvalue weighted by Gasteiger charge is -2.38. The molecule has 5 rings (SSSR count). The van der Waals surface area contributed by atoms with Crippen LogP contribution in [0.4, 0.5) is 5.69 Å². The highest BCUT2D eigenvalue weighted by molar-refractivity contribution is 7.18. The molecule has 30 heavy (non-hydrogen) atoms. The van der Waals surface area contributed by atoms with Gasteiger partial charge in [0.1, 0.15) is 16.4 Å². The number of hydrogen-bond acceptors (Lipinski definition) is 6. The Morgan fingerprint density at radius 3 is 2.77 bits per heavy atom.